The van der Waals surface area contributed by atoms with Crippen molar-refractivity contribution in [3.63, 3.8) is 0 Å². The quantitative estimate of drug-likeness (QED) is 0.695. The van der Waals surface area contributed by atoms with E-state index < -0.39 is 0 Å². The zero-order chi connectivity index (χ0) is 17.9. The highest BCUT2D eigenvalue weighted by Crippen LogP contribution is 2.30. The smallest absolute Gasteiger partial charge is 0.161 e. The number of hydrogen-bond donors (Lipinski definition) is 0. The second kappa shape index (κ2) is 7.51. The second-order valence-electron chi connectivity index (χ2n) is 6.53. The molecule has 0 N–H and O–H groups in total. The lowest BCUT2D eigenvalue weighted by molar-refractivity contribution is -0.0174. The van der Waals surface area contributed by atoms with Gasteiger partial charge in [0.25, 0.3) is 0 Å². The van der Waals surface area contributed by atoms with Gasteiger partial charge in [-0.25, -0.2) is 9.97 Å². The predicted octanol–water partition coefficient (Wildman–Crippen LogP) is 4.13. The average Bonchev–Trinajstić information content (AvgIpc) is 3.23. The topological polar surface area (TPSA) is 51.1 Å². The molecule has 26 heavy (non-hydrogen) atoms. The van der Waals surface area contributed by atoms with Crippen LogP contribution in [0.5, 0.6) is 0 Å². The summed E-state index contributed by atoms with van der Waals surface area (Å²) in [5, 5.41) is 4.27. The molecule has 0 unspecified atom stereocenters. The van der Waals surface area contributed by atoms with Gasteiger partial charge >= 0.3 is 0 Å². The van der Waals surface area contributed by atoms with Crippen molar-refractivity contribution in [1.29, 1.82) is 0 Å². The van der Waals surface area contributed by atoms with Crippen molar-refractivity contribution in [3.8, 4) is 11.4 Å². The highest BCUT2D eigenvalue weighted by molar-refractivity contribution is 7.07. The second-order valence-corrected chi connectivity index (χ2v) is 7.31. The maximum absolute atomic E-state index is 6.17. The SMILES string of the molecule is CCc1cc(N2C[C@@H](c3ccsc3)O[C@@H](C)C2)nc(-c2ccncc2)n1. The summed E-state index contributed by atoms with van der Waals surface area (Å²) in [4.78, 5) is 16.0. The number of thiophene rings is 1. The Morgan fingerprint density at radius 1 is 1.19 bits per heavy atom. The van der Waals surface area contributed by atoms with Crippen LogP contribution in [0.3, 0.4) is 0 Å². The van der Waals surface area contributed by atoms with Crippen LogP contribution in [0.15, 0.2) is 47.4 Å². The number of nitrogens with zero attached hydrogens (tertiary/aromatic N) is 4. The molecule has 0 radical (unpaired) electrons. The summed E-state index contributed by atoms with van der Waals surface area (Å²) in [6.07, 6.45) is 4.66. The minimum Gasteiger partial charge on any atom is -0.367 e. The van der Waals surface area contributed by atoms with E-state index in [4.69, 9.17) is 14.7 Å². The van der Waals surface area contributed by atoms with Crippen molar-refractivity contribution in [2.24, 2.45) is 0 Å². The van der Waals surface area contributed by atoms with Crippen LogP contribution < -0.4 is 4.90 Å². The predicted molar refractivity (Wildman–Crippen MR) is 104 cm³/mol. The fourth-order valence-corrected chi connectivity index (χ4v) is 3.94. The van der Waals surface area contributed by atoms with Crippen LogP contribution in [0.25, 0.3) is 11.4 Å². The molecular formula is C20H22N4OS. The number of aromatic nitrogens is 3. The number of aryl methyl sites for hydroxylation is 1. The van der Waals surface area contributed by atoms with Gasteiger partial charge in [0.15, 0.2) is 5.82 Å². The third-order valence-corrected chi connectivity index (χ3v) is 5.27. The molecule has 134 valence electrons. The zero-order valence-electron chi connectivity index (χ0n) is 15.0. The third-order valence-electron chi connectivity index (χ3n) is 4.57. The van der Waals surface area contributed by atoms with Crippen LogP contribution >= 0.6 is 11.3 Å². The molecule has 0 amide bonds. The van der Waals surface area contributed by atoms with E-state index in [2.05, 4.69) is 46.6 Å². The summed E-state index contributed by atoms with van der Waals surface area (Å²) < 4.78 is 6.17. The Morgan fingerprint density at radius 3 is 2.77 bits per heavy atom. The summed E-state index contributed by atoms with van der Waals surface area (Å²) in [7, 11) is 0. The van der Waals surface area contributed by atoms with E-state index in [1.165, 1.54) is 5.56 Å². The van der Waals surface area contributed by atoms with Gasteiger partial charge in [-0.2, -0.15) is 11.3 Å². The number of pyridine rings is 1. The van der Waals surface area contributed by atoms with Crippen molar-refractivity contribution < 1.29 is 4.74 Å². The molecule has 3 aromatic heterocycles. The Kier molecular flexibility index (Phi) is 4.95. The number of morpholine rings is 1. The maximum atomic E-state index is 6.17. The average molecular weight is 366 g/mol. The molecule has 3 aromatic rings. The van der Waals surface area contributed by atoms with Crippen molar-refractivity contribution in [1.82, 2.24) is 15.0 Å². The van der Waals surface area contributed by atoms with Gasteiger partial charge in [-0.3, -0.25) is 4.98 Å². The fraction of sp³-hybridized carbons (Fsp3) is 0.350. The van der Waals surface area contributed by atoms with Crippen molar-refractivity contribution in [3.05, 3.63) is 58.7 Å². The van der Waals surface area contributed by atoms with Crippen molar-refractivity contribution >= 4 is 17.2 Å². The molecule has 4 rings (SSSR count). The number of rotatable bonds is 4. The standard InChI is InChI=1S/C20H22N4OS/c1-3-17-10-19(23-20(22-17)15-4-7-21-8-5-15)24-11-14(2)25-18(12-24)16-6-9-26-13-16/h4-10,13-14,18H,3,11-12H2,1-2H3/t14-,18-/m0/s1. The third kappa shape index (κ3) is 3.61. The Balaban J connectivity index is 1.67. The number of hydrogen-bond acceptors (Lipinski definition) is 6. The van der Waals surface area contributed by atoms with Crippen LogP contribution in [0.4, 0.5) is 5.82 Å². The maximum Gasteiger partial charge on any atom is 0.161 e. The lowest BCUT2D eigenvalue weighted by Gasteiger charge is -2.37. The highest BCUT2D eigenvalue weighted by Gasteiger charge is 2.28. The van der Waals surface area contributed by atoms with E-state index >= 15 is 0 Å². The van der Waals surface area contributed by atoms with Gasteiger partial charge in [0.2, 0.25) is 0 Å². The molecule has 1 saturated heterocycles. The Morgan fingerprint density at radius 2 is 2.04 bits per heavy atom. The van der Waals surface area contributed by atoms with E-state index in [1.807, 2.05) is 12.1 Å². The van der Waals surface area contributed by atoms with Gasteiger partial charge in [0.1, 0.15) is 11.9 Å². The molecule has 5 nitrogen and oxygen atoms in total. The zero-order valence-corrected chi connectivity index (χ0v) is 15.8. The van der Waals surface area contributed by atoms with Gasteiger partial charge in [-0.05, 0) is 47.9 Å². The van der Waals surface area contributed by atoms with Gasteiger partial charge in [0.05, 0.1) is 6.10 Å². The number of ether oxygens (including phenoxy) is 1. The van der Waals surface area contributed by atoms with Crippen LogP contribution in [0.1, 0.15) is 31.2 Å². The molecule has 4 heterocycles. The number of anilines is 1. The summed E-state index contributed by atoms with van der Waals surface area (Å²) in [5.74, 6) is 1.73. The van der Waals surface area contributed by atoms with Gasteiger partial charge in [0, 0.05) is 42.8 Å². The van der Waals surface area contributed by atoms with Gasteiger partial charge in [-0.15, -0.1) is 0 Å². The lowest BCUT2D eigenvalue weighted by atomic mass is 10.1. The summed E-state index contributed by atoms with van der Waals surface area (Å²) >= 11 is 1.71. The molecule has 0 bridgehead atoms. The molecule has 6 heteroatoms. The Labute approximate surface area is 157 Å². The Bertz CT molecular complexity index is 854. The molecule has 0 spiro atoms. The van der Waals surface area contributed by atoms with E-state index in [1.54, 1.807) is 23.7 Å². The molecule has 2 atom stereocenters. The van der Waals surface area contributed by atoms with Crippen LogP contribution in [0, 0.1) is 0 Å². The van der Waals surface area contributed by atoms with Crippen molar-refractivity contribution in [2.75, 3.05) is 18.0 Å². The first-order valence-corrected chi connectivity index (χ1v) is 9.88. The summed E-state index contributed by atoms with van der Waals surface area (Å²) in [5.41, 5.74) is 3.28. The van der Waals surface area contributed by atoms with E-state index in [-0.39, 0.29) is 12.2 Å². The normalized spacial score (nSPS) is 20.3. The van der Waals surface area contributed by atoms with Gasteiger partial charge in [-0.1, -0.05) is 6.92 Å². The van der Waals surface area contributed by atoms with Crippen LogP contribution in [-0.2, 0) is 11.2 Å². The lowest BCUT2D eigenvalue weighted by Crippen LogP contribution is -2.43. The molecule has 1 fully saturated rings. The van der Waals surface area contributed by atoms with Gasteiger partial charge < -0.3 is 9.64 Å². The highest BCUT2D eigenvalue weighted by atomic mass is 32.1. The van der Waals surface area contributed by atoms with E-state index in [0.29, 0.717) is 0 Å². The summed E-state index contributed by atoms with van der Waals surface area (Å²) in [6, 6.07) is 8.15. The molecule has 1 aliphatic rings. The van der Waals surface area contributed by atoms with Crippen molar-refractivity contribution in [2.45, 2.75) is 32.5 Å². The molecule has 0 saturated carbocycles. The van der Waals surface area contributed by atoms with Crippen LogP contribution in [-0.4, -0.2) is 34.1 Å². The summed E-state index contributed by atoms with van der Waals surface area (Å²) in [6.45, 7) is 5.88. The molecule has 0 aliphatic carbocycles. The fourth-order valence-electron chi connectivity index (χ4n) is 3.24. The van der Waals surface area contributed by atoms with E-state index in [0.717, 1.165) is 42.4 Å². The minimum atomic E-state index is 0.0782. The molecule has 0 aromatic carbocycles. The first-order valence-electron chi connectivity index (χ1n) is 8.93. The monoisotopic (exact) mass is 366 g/mol. The first kappa shape index (κ1) is 17.1. The Hall–Kier alpha value is -2.31. The van der Waals surface area contributed by atoms with E-state index in [9.17, 15) is 0 Å². The largest absolute Gasteiger partial charge is 0.367 e. The van der Waals surface area contributed by atoms with Crippen LogP contribution in [0.2, 0.25) is 0 Å². The molecular weight excluding hydrogens is 344 g/mol. The minimum absolute atomic E-state index is 0.0782. The first-order chi connectivity index (χ1) is 12.7. The molecule has 1 aliphatic heterocycles.